The molecule has 0 fully saturated rings. The molecule has 0 aromatic heterocycles. The van der Waals surface area contributed by atoms with Gasteiger partial charge >= 0.3 is 5.97 Å². The Bertz CT molecular complexity index is 577. The molecule has 1 atom stereocenters. The molecule has 0 aliphatic heterocycles. The lowest BCUT2D eigenvalue weighted by molar-refractivity contribution is -0.154. The lowest BCUT2D eigenvalue weighted by Gasteiger charge is -2.43. The molecular formula is C20H29NO2. The largest absolute Gasteiger partial charge is 0.454 e. The number of ether oxygens (including phenoxy) is 1. The molecule has 0 bridgehead atoms. The van der Waals surface area contributed by atoms with Gasteiger partial charge in [0.15, 0.2) is 0 Å². The fourth-order valence-electron chi connectivity index (χ4n) is 4.29. The van der Waals surface area contributed by atoms with E-state index >= 15 is 0 Å². The zero-order valence-electron chi connectivity index (χ0n) is 15.0. The van der Waals surface area contributed by atoms with E-state index in [1.807, 2.05) is 6.92 Å². The molecule has 0 saturated heterocycles. The maximum Gasteiger partial charge on any atom is 0.303 e. The molecule has 0 aromatic rings. The minimum absolute atomic E-state index is 0.156. The van der Waals surface area contributed by atoms with Crippen molar-refractivity contribution in [2.75, 3.05) is 0 Å². The standard InChI is InChI=1S/C20H29NO2/c1-15(10-13-21)20(23-16(2)22)12-6-5-8-17-9-7-11-19(3,4)18(17)14-20/h10H,5-9,11-12,14H2,1-4H3/b15-10+. The molecule has 0 aromatic carbocycles. The maximum atomic E-state index is 11.8. The lowest BCUT2D eigenvalue weighted by atomic mass is 9.65. The number of hydrogen-bond donors (Lipinski definition) is 0. The maximum absolute atomic E-state index is 11.8. The molecule has 0 spiro atoms. The predicted octanol–water partition coefficient (Wildman–Crippen LogP) is 5.23. The molecule has 0 N–H and O–H groups in total. The van der Waals surface area contributed by atoms with Crippen LogP contribution in [0.15, 0.2) is 22.8 Å². The first-order chi connectivity index (χ1) is 10.8. The second-order valence-corrected chi connectivity index (χ2v) is 7.75. The van der Waals surface area contributed by atoms with Gasteiger partial charge in [-0.25, -0.2) is 0 Å². The minimum atomic E-state index is -0.642. The molecule has 2 aliphatic carbocycles. The Kier molecular flexibility index (Phi) is 5.34. The van der Waals surface area contributed by atoms with Crippen LogP contribution >= 0.6 is 0 Å². The van der Waals surface area contributed by atoms with Crippen LogP contribution in [-0.4, -0.2) is 11.6 Å². The number of hydrogen-bond acceptors (Lipinski definition) is 3. The SMILES string of the molecule is CC(=O)OC1(/C(C)=C/C#N)CCCCC2=C(C1)C(C)(C)CCC2. The predicted molar refractivity (Wildman–Crippen MR) is 91.6 cm³/mol. The molecule has 3 nitrogen and oxygen atoms in total. The molecule has 0 amide bonds. The zero-order valence-corrected chi connectivity index (χ0v) is 15.0. The Labute approximate surface area is 140 Å². The van der Waals surface area contributed by atoms with Gasteiger partial charge in [0.2, 0.25) is 0 Å². The van der Waals surface area contributed by atoms with Crippen molar-refractivity contribution in [3.05, 3.63) is 22.8 Å². The molecule has 2 rings (SSSR count). The van der Waals surface area contributed by atoms with E-state index in [1.165, 1.54) is 38.2 Å². The second kappa shape index (κ2) is 6.91. The molecule has 126 valence electrons. The Hall–Kier alpha value is -1.56. The highest BCUT2D eigenvalue weighted by Crippen LogP contribution is 2.49. The molecule has 0 radical (unpaired) electrons. The molecule has 23 heavy (non-hydrogen) atoms. The van der Waals surface area contributed by atoms with Crippen LogP contribution in [-0.2, 0) is 9.53 Å². The number of carbonyl (C=O) groups excluding carboxylic acids is 1. The smallest absolute Gasteiger partial charge is 0.303 e. The molecule has 2 aliphatic rings. The molecule has 1 unspecified atom stereocenters. The van der Waals surface area contributed by atoms with Gasteiger partial charge in [-0.3, -0.25) is 4.79 Å². The average Bonchev–Trinajstić information content (AvgIpc) is 2.43. The van der Waals surface area contributed by atoms with E-state index < -0.39 is 5.60 Å². The third kappa shape index (κ3) is 3.86. The first-order valence-corrected chi connectivity index (χ1v) is 8.78. The first kappa shape index (κ1) is 17.8. The number of rotatable bonds is 2. The van der Waals surface area contributed by atoms with E-state index in [0.29, 0.717) is 0 Å². The van der Waals surface area contributed by atoms with Crippen LogP contribution in [0.5, 0.6) is 0 Å². The van der Waals surface area contributed by atoms with Crippen LogP contribution in [0, 0.1) is 16.7 Å². The Morgan fingerprint density at radius 1 is 1.17 bits per heavy atom. The summed E-state index contributed by atoms with van der Waals surface area (Å²) in [5.41, 5.74) is 3.43. The summed E-state index contributed by atoms with van der Waals surface area (Å²) in [5.74, 6) is -0.257. The third-order valence-electron chi connectivity index (χ3n) is 5.63. The summed E-state index contributed by atoms with van der Waals surface area (Å²) < 4.78 is 5.88. The van der Waals surface area contributed by atoms with E-state index in [0.717, 1.165) is 31.3 Å². The van der Waals surface area contributed by atoms with Crippen molar-refractivity contribution in [1.29, 1.82) is 5.26 Å². The summed E-state index contributed by atoms with van der Waals surface area (Å²) in [7, 11) is 0. The van der Waals surface area contributed by atoms with Gasteiger partial charge in [0.25, 0.3) is 0 Å². The lowest BCUT2D eigenvalue weighted by Crippen LogP contribution is -2.40. The molecule has 3 heteroatoms. The quantitative estimate of drug-likeness (QED) is 0.398. The van der Waals surface area contributed by atoms with Gasteiger partial charge < -0.3 is 4.74 Å². The first-order valence-electron chi connectivity index (χ1n) is 8.78. The van der Waals surface area contributed by atoms with Crippen LogP contribution in [0.2, 0.25) is 0 Å². The van der Waals surface area contributed by atoms with Crippen LogP contribution < -0.4 is 0 Å². The fraction of sp³-hybridized carbons (Fsp3) is 0.700. The van der Waals surface area contributed by atoms with E-state index in [9.17, 15) is 4.79 Å². The van der Waals surface area contributed by atoms with Crippen molar-refractivity contribution in [3.63, 3.8) is 0 Å². The van der Waals surface area contributed by atoms with E-state index in [-0.39, 0.29) is 11.4 Å². The highest BCUT2D eigenvalue weighted by molar-refractivity contribution is 5.67. The summed E-state index contributed by atoms with van der Waals surface area (Å²) in [4.78, 5) is 11.8. The van der Waals surface area contributed by atoms with Gasteiger partial charge in [0.05, 0.1) is 6.07 Å². The minimum Gasteiger partial charge on any atom is -0.454 e. The van der Waals surface area contributed by atoms with Crippen molar-refractivity contribution in [1.82, 2.24) is 0 Å². The monoisotopic (exact) mass is 315 g/mol. The van der Waals surface area contributed by atoms with Crippen molar-refractivity contribution in [3.8, 4) is 6.07 Å². The van der Waals surface area contributed by atoms with Gasteiger partial charge in [-0.2, -0.15) is 5.26 Å². The third-order valence-corrected chi connectivity index (χ3v) is 5.63. The Morgan fingerprint density at radius 2 is 1.87 bits per heavy atom. The van der Waals surface area contributed by atoms with Gasteiger partial charge in [-0.15, -0.1) is 0 Å². The Morgan fingerprint density at radius 3 is 2.52 bits per heavy atom. The van der Waals surface area contributed by atoms with Crippen LogP contribution in [0.1, 0.15) is 79.1 Å². The summed E-state index contributed by atoms with van der Waals surface area (Å²) >= 11 is 0. The fourth-order valence-corrected chi connectivity index (χ4v) is 4.29. The zero-order chi connectivity index (χ0) is 17.1. The van der Waals surface area contributed by atoms with Gasteiger partial charge in [-0.1, -0.05) is 25.0 Å². The van der Waals surface area contributed by atoms with Crippen molar-refractivity contribution in [2.24, 2.45) is 5.41 Å². The number of allylic oxidation sites excluding steroid dienone is 2. The Balaban J connectivity index is 2.51. The number of carbonyl (C=O) groups is 1. The summed E-state index contributed by atoms with van der Waals surface area (Å²) in [6.45, 7) is 8.03. The number of nitriles is 1. The molecular weight excluding hydrogens is 286 g/mol. The number of esters is 1. The van der Waals surface area contributed by atoms with E-state index in [4.69, 9.17) is 10.00 Å². The van der Waals surface area contributed by atoms with Gasteiger partial charge in [0, 0.05) is 19.4 Å². The van der Waals surface area contributed by atoms with E-state index in [2.05, 4.69) is 19.9 Å². The van der Waals surface area contributed by atoms with Gasteiger partial charge in [0.1, 0.15) is 5.60 Å². The normalized spacial score (nSPS) is 28.2. The van der Waals surface area contributed by atoms with Crippen molar-refractivity contribution >= 4 is 5.97 Å². The highest BCUT2D eigenvalue weighted by Gasteiger charge is 2.42. The summed E-state index contributed by atoms with van der Waals surface area (Å²) in [5, 5.41) is 9.10. The summed E-state index contributed by atoms with van der Waals surface area (Å²) in [6.07, 6.45) is 10.1. The van der Waals surface area contributed by atoms with Crippen molar-refractivity contribution in [2.45, 2.75) is 84.7 Å². The highest BCUT2D eigenvalue weighted by atomic mass is 16.6. The van der Waals surface area contributed by atoms with Crippen LogP contribution in [0.4, 0.5) is 0 Å². The average molecular weight is 315 g/mol. The van der Waals surface area contributed by atoms with Crippen LogP contribution in [0.25, 0.3) is 0 Å². The molecule has 0 heterocycles. The van der Waals surface area contributed by atoms with E-state index in [1.54, 1.807) is 11.6 Å². The topological polar surface area (TPSA) is 50.1 Å². The second-order valence-electron chi connectivity index (χ2n) is 7.75. The summed E-state index contributed by atoms with van der Waals surface area (Å²) in [6, 6.07) is 2.12. The number of nitrogens with zero attached hydrogens (tertiary/aromatic N) is 1. The van der Waals surface area contributed by atoms with Crippen LogP contribution in [0.3, 0.4) is 0 Å². The van der Waals surface area contributed by atoms with Crippen molar-refractivity contribution < 1.29 is 9.53 Å². The molecule has 0 saturated carbocycles. The van der Waals surface area contributed by atoms with Gasteiger partial charge in [-0.05, 0) is 62.9 Å².